The smallest absolute Gasteiger partial charge is 0.333 e. The van der Waals surface area contributed by atoms with Gasteiger partial charge in [-0.2, -0.15) is 0 Å². The minimum Gasteiger partial charge on any atom is -0.497 e. The van der Waals surface area contributed by atoms with Crippen LogP contribution in [0.25, 0.3) is 0 Å². The maximum absolute atomic E-state index is 12.4. The molecule has 9 heteroatoms. The molecule has 0 heterocycles. The lowest BCUT2D eigenvalue weighted by Crippen LogP contribution is -2.34. The van der Waals surface area contributed by atoms with Crippen LogP contribution in [0.1, 0.15) is 135 Å². The molecular formula is C36H57N3O5S. The number of hydrogen-bond donors (Lipinski definition) is 3. The number of sulfonamides is 1. The molecule has 0 atom stereocenters. The van der Waals surface area contributed by atoms with E-state index in [1.54, 1.807) is 24.3 Å². The summed E-state index contributed by atoms with van der Waals surface area (Å²) in [6.07, 6.45) is 25.6. The number of urea groups is 1. The van der Waals surface area contributed by atoms with Gasteiger partial charge in [-0.15, -0.1) is 0 Å². The maximum Gasteiger partial charge on any atom is 0.333 e. The fourth-order valence-electron chi connectivity index (χ4n) is 5.32. The molecule has 0 saturated heterocycles. The van der Waals surface area contributed by atoms with Crippen molar-refractivity contribution in [2.75, 3.05) is 17.7 Å². The first-order chi connectivity index (χ1) is 21.8. The second kappa shape index (κ2) is 23.3. The molecule has 0 unspecified atom stereocenters. The number of ether oxygens (including phenoxy) is 1. The first kappa shape index (κ1) is 38.1. The summed E-state index contributed by atoms with van der Waals surface area (Å²) in [4.78, 5) is 24.5. The van der Waals surface area contributed by atoms with Crippen LogP contribution in [-0.4, -0.2) is 27.5 Å². The van der Waals surface area contributed by atoms with Gasteiger partial charge in [0, 0.05) is 17.8 Å². The van der Waals surface area contributed by atoms with Gasteiger partial charge in [0.05, 0.1) is 12.0 Å². The van der Waals surface area contributed by atoms with Crippen LogP contribution in [0.5, 0.6) is 5.75 Å². The van der Waals surface area contributed by atoms with Crippen molar-refractivity contribution in [2.45, 2.75) is 140 Å². The van der Waals surface area contributed by atoms with Crippen molar-refractivity contribution >= 4 is 33.3 Å². The third-order valence-corrected chi connectivity index (χ3v) is 9.38. The largest absolute Gasteiger partial charge is 0.497 e. The number of benzene rings is 2. The monoisotopic (exact) mass is 643 g/mol. The number of hydrogen-bond acceptors (Lipinski definition) is 5. The molecule has 0 aliphatic carbocycles. The minimum absolute atomic E-state index is 0.0361. The number of methoxy groups -OCH3 is 1. The van der Waals surface area contributed by atoms with Crippen LogP contribution in [0.15, 0.2) is 53.4 Å². The molecule has 0 aromatic heterocycles. The van der Waals surface area contributed by atoms with Gasteiger partial charge in [0.1, 0.15) is 5.75 Å². The molecule has 0 bridgehead atoms. The van der Waals surface area contributed by atoms with Crippen molar-refractivity contribution in [3.63, 3.8) is 0 Å². The Morgan fingerprint density at radius 1 is 0.578 bits per heavy atom. The molecule has 0 spiro atoms. The number of carbonyl (C=O) groups excluding carboxylic acids is 2. The predicted octanol–water partition coefficient (Wildman–Crippen LogP) is 9.97. The van der Waals surface area contributed by atoms with E-state index in [0.29, 0.717) is 23.5 Å². The van der Waals surface area contributed by atoms with E-state index >= 15 is 0 Å². The molecule has 45 heavy (non-hydrogen) atoms. The maximum atomic E-state index is 12.4. The van der Waals surface area contributed by atoms with Crippen LogP contribution in [-0.2, 0) is 14.8 Å². The number of unbranched alkanes of at least 4 members (excludes halogenated alkanes) is 18. The zero-order valence-corrected chi connectivity index (χ0v) is 28.5. The highest BCUT2D eigenvalue weighted by atomic mass is 32.2. The van der Waals surface area contributed by atoms with Crippen molar-refractivity contribution < 1.29 is 22.7 Å². The zero-order chi connectivity index (χ0) is 32.6. The van der Waals surface area contributed by atoms with E-state index in [2.05, 4.69) is 17.6 Å². The summed E-state index contributed by atoms with van der Waals surface area (Å²) in [5.74, 6) is 0.474. The summed E-state index contributed by atoms with van der Waals surface area (Å²) in [5, 5.41) is 5.37. The highest BCUT2D eigenvalue weighted by molar-refractivity contribution is 7.90. The van der Waals surface area contributed by atoms with Crippen molar-refractivity contribution in [3.8, 4) is 5.75 Å². The Labute approximate surface area is 272 Å². The average Bonchev–Trinajstić information content (AvgIpc) is 3.03. The molecule has 8 nitrogen and oxygen atoms in total. The number of rotatable bonds is 25. The van der Waals surface area contributed by atoms with E-state index in [1.807, 2.05) is 4.72 Å². The number of amides is 3. The molecule has 0 radical (unpaired) electrons. The molecule has 3 N–H and O–H groups in total. The highest BCUT2D eigenvalue weighted by Gasteiger charge is 2.17. The normalized spacial score (nSPS) is 11.2. The fourth-order valence-corrected chi connectivity index (χ4v) is 6.22. The Morgan fingerprint density at radius 2 is 0.978 bits per heavy atom. The molecule has 2 rings (SSSR count). The zero-order valence-electron chi connectivity index (χ0n) is 27.7. The molecule has 0 aliphatic heterocycles. The van der Waals surface area contributed by atoms with Gasteiger partial charge in [-0.1, -0.05) is 122 Å². The van der Waals surface area contributed by atoms with Crippen LogP contribution in [0.2, 0.25) is 0 Å². The van der Waals surface area contributed by atoms with Crippen molar-refractivity contribution in [3.05, 3.63) is 48.5 Å². The van der Waals surface area contributed by atoms with Gasteiger partial charge >= 0.3 is 6.03 Å². The second-order valence-electron chi connectivity index (χ2n) is 12.0. The van der Waals surface area contributed by atoms with E-state index in [-0.39, 0.29) is 10.8 Å². The minimum atomic E-state index is -4.03. The Hall–Kier alpha value is -3.07. The summed E-state index contributed by atoms with van der Waals surface area (Å²) in [6, 6.07) is 11.4. The molecule has 2 aromatic rings. The summed E-state index contributed by atoms with van der Waals surface area (Å²) in [6.45, 7) is 2.27. The van der Waals surface area contributed by atoms with Crippen LogP contribution < -0.4 is 20.1 Å². The number of anilines is 2. The van der Waals surface area contributed by atoms with Crippen molar-refractivity contribution in [1.29, 1.82) is 0 Å². The van der Waals surface area contributed by atoms with E-state index in [9.17, 15) is 18.0 Å². The molecule has 0 saturated carbocycles. The van der Waals surface area contributed by atoms with Crippen molar-refractivity contribution in [1.82, 2.24) is 4.72 Å². The highest BCUT2D eigenvalue weighted by Crippen LogP contribution is 2.18. The van der Waals surface area contributed by atoms with E-state index < -0.39 is 16.1 Å². The van der Waals surface area contributed by atoms with E-state index in [0.717, 1.165) is 12.8 Å². The van der Waals surface area contributed by atoms with Gasteiger partial charge in [0.2, 0.25) is 5.91 Å². The lowest BCUT2D eigenvalue weighted by molar-refractivity contribution is -0.116. The Morgan fingerprint density at radius 3 is 1.40 bits per heavy atom. The molecule has 0 aliphatic rings. The van der Waals surface area contributed by atoms with Crippen LogP contribution >= 0.6 is 0 Å². The number of carbonyl (C=O) groups is 2. The summed E-state index contributed by atoms with van der Waals surface area (Å²) >= 11 is 0. The molecule has 252 valence electrons. The van der Waals surface area contributed by atoms with Crippen molar-refractivity contribution in [2.24, 2.45) is 0 Å². The predicted molar refractivity (Wildman–Crippen MR) is 185 cm³/mol. The SMILES string of the molecule is CCCCCCCCCCCCCCCCCCCCCC(=O)Nc1ccc(NC(=O)NS(=O)(=O)c2ccc(OC)cc2)cc1. The van der Waals surface area contributed by atoms with Gasteiger partial charge < -0.3 is 15.4 Å². The Bertz CT molecular complexity index is 1180. The lowest BCUT2D eigenvalue weighted by Gasteiger charge is -2.10. The van der Waals surface area contributed by atoms with Gasteiger partial charge in [-0.3, -0.25) is 4.79 Å². The third-order valence-electron chi connectivity index (χ3n) is 8.03. The summed E-state index contributed by atoms with van der Waals surface area (Å²) < 4.78 is 31.8. The standard InChI is InChI=1S/C36H57N3O5S/c1-3-4-5-6-7-8-9-10-11-12-13-14-15-16-17-18-19-20-21-22-35(40)37-31-23-25-32(26-24-31)38-36(41)39-45(42,43)34-29-27-33(44-2)28-30-34/h23-30H,3-22H2,1-2H3,(H,37,40)(H2,38,39,41). The third kappa shape index (κ3) is 17.9. The topological polar surface area (TPSA) is 114 Å². The Balaban J connectivity index is 1.45. The summed E-state index contributed by atoms with van der Waals surface area (Å²) in [5.41, 5.74) is 1.02. The van der Waals surface area contributed by atoms with E-state index in [4.69, 9.17) is 4.74 Å². The van der Waals surface area contributed by atoms with Gasteiger partial charge in [-0.25, -0.2) is 17.9 Å². The fraction of sp³-hybridized carbons (Fsp3) is 0.611. The quantitative estimate of drug-likeness (QED) is 0.0932. The Kier molecular flexibility index (Phi) is 19.7. The van der Waals surface area contributed by atoms with E-state index in [1.165, 1.54) is 141 Å². The molecule has 2 aromatic carbocycles. The molecule has 3 amide bonds. The first-order valence-electron chi connectivity index (χ1n) is 17.2. The van der Waals surface area contributed by atoms with Gasteiger partial charge in [0.25, 0.3) is 10.0 Å². The molecule has 0 fully saturated rings. The summed E-state index contributed by atoms with van der Waals surface area (Å²) in [7, 11) is -2.55. The molecular weight excluding hydrogens is 586 g/mol. The second-order valence-corrected chi connectivity index (χ2v) is 13.7. The van der Waals surface area contributed by atoms with Gasteiger partial charge in [0.15, 0.2) is 0 Å². The van der Waals surface area contributed by atoms with Crippen LogP contribution in [0, 0.1) is 0 Å². The number of nitrogens with one attached hydrogen (secondary N) is 3. The van der Waals surface area contributed by atoms with Crippen LogP contribution in [0.4, 0.5) is 16.2 Å². The first-order valence-corrected chi connectivity index (χ1v) is 18.7. The van der Waals surface area contributed by atoms with Crippen LogP contribution in [0.3, 0.4) is 0 Å². The lowest BCUT2D eigenvalue weighted by atomic mass is 10.0. The van der Waals surface area contributed by atoms with Gasteiger partial charge in [-0.05, 0) is 55.0 Å². The average molecular weight is 644 g/mol.